The summed E-state index contributed by atoms with van der Waals surface area (Å²) in [5, 5.41) is 4.32. The van der Waals surface area contributed by atoms with E-state index in [-0.39, 0.29) is 6.04 Å². The van der Waals surface area contributed by atoms with E-state index in [0.717, 1.165) is 26.7 Å². The first-order valence-electron chi connectivity index (χ1n) is 6.13. The predicted octanol–water partition coefficient (Wildman–Crippen LogP) is 2.99. The second-order valence-electron chi connectivity index (χ2n) is 4.18. The fourth-order valence-electron chi connectivity index (χ4n) is 2.13. The monoisotopic (exact) mass is 402 g/mol. The number of nitrogens with two attached hydrogens (primary N) is 1. The van der Waals surface area contributed by atoms with Gasteiger partial charge in [-0.25, -0.2) is 5.43 Å². The fraction of sp³-hybridized carbons (Fsp3) is 0.308. The molecule has 0 saturated carbocycles. The average Bonchev–Trinajstić information content (AvgIpc) is 2.85. The Labute approximate surface area is 134 Å². The molecule has 1 aromatic carbocycles. The molecular weight excluding hydrogens is 388 g/mol. The van der Waals surface area contributed by atoms with Crippen molar-refractivity contribution in [3.8, 4) is 5.75 Å². The van der Waals surface area contributed by atoms with Crippen LogP contribution in [-0.2, 0) is 6.54 Å². The van der Waals surface area contributed by atoms with Crippen molar-refractivity contribution < 1.29 is 4.74 Å². The van der Waals surface area contributed by atoms with Crippen LogP contribution in [-0.4, -0.2) is 16.9 Å². The number of hydrogen-bond acceptors (Lipinski definition) is 4. The van der Waals surface area contributed by atoms with Gasteiger partial charge in [0.1, 0.15) is 5.69 Å². The van der Waals surface area contributed by atoms with E-state index in [0.29, 0.717) is 5.75 Å². The number of halogens is 2. The van der Waals surface area contributed by atoms with Crippen LogP contribution in [0.1, 0.15) is 24.2 Å². The van der Waals surface area contributed by atoms with Gasteiger partial charge in [0.2, 0.25) is 0 Å². The molecule has 0 radical (unpaired) electrons. The van der Waals surface area contributed by atoms with Crippen LogP contribution in [0.3, 0.4) is 0 Å². The molecule has 2 aromatic rings. The minimum absolute atomic E-state index is 0.213. The third kappa shape index (κ3) is 2.90. The number of nitrogens with zero attached hydrogens (tertiary/aromatic N) is 2. The maximum Gasteiger partial charge on any atom is 0.161 e. The highest BCUT2D eigenvalue weighted by Gasteiger charge is 2.24. The van der Waals surface area contributed by atoms with Crippen LogP contribution in [0.25, 0.3) is 0 Å². The van der Waals surface area contributed by atoms with Crippen molar-refractivity contribution in [1.82, 2.24) is 15.2 Å². The number of aromatic nitrogens is 2. The number of hydrazine groups is 1. The van der Waals surface area contributed by atoms with Crippen LogP contribution < -0.4 is 16.0 Å². The summed E-state index contributed by atoms with van der Waals surface area (Å²) in [4.78, 5) is 0. The van der Waals surface area contributed by atoms with Gasteiger partial charge in [0.25, 0.3) is 0 Å². The normalized spacial score (nSPS) is 12.4. The largest absolute Gasteiger partial charge is 0.493 e. The van der Waals surface area contributed by atoms with Crippen LogP contribution >= 0.6 is 31.9 Å². The van der Waals surface area contributed by atoms with E-state index < -0.39 is 0 Å². The quantitative estimate of drug-likeness (QED) is 0.594. The van der Waals surface area contributed by atoms with Crippen molar-refractivity contribution in [3.05, 3.63) is 44.6 Å². The molecule has 1 aromatic heterocycles. The Morgan fingerprint density at radius 2 is 2.20 bits per heavy atom. The minimum Gasteiger partial charge on any atom is -0.493 e. The standard InChI is InChI=1S/C13H16Br2N4O/c1-3-19-13(11(20-2)7-17-19)12(18-16)9-5-4-8(14)6-10(9)15/h4-7,12,18H,3,16H2,1-2H3. The van der Waals surface area contributed by atoms with Crippen LogP contribution in [0, 0.1) is 0 Å². The van der Waals surface area contributed by atoms with E-state index in [9.17, 15) is 0 Å². The zero-order valence-electron chi connectivity index (χ0n) is 11.2. The zero-order chi connectivity index (χ0) is 14.7. The molecule has 0 aliphatic carbocycles. The van der Waals surface area contributed by atoms with Crippen LogP contribution in [0.15, 0.2) is 33.3 Å². The Bertz CT molecular complexity index is 579. The smallest absolute Gasteiger partial charge is 0.161 e. The summed E-state index contributed by atoms with van der Waals surface area (Å²) in [6.07, 6.45) is 1.70. The van der Waals surface area contributed by atoms with Gasteiger partial charge in [0.05, 0.1) is 19.3 Å². The fourth-order valence-corrected chi connectivity index (χ4v) is 3.41. The highest BCUT2D eigenvalue weighted by atomic mass is 79.9. The van der Waals surface area contributed by atoms with E-state index in [1.165, 1.54) is 0 Å². The molecule has 2 rings (SSSR count). The second kappa shape index (κ2) is 6.71. The van der Waals surface area contributed by atoms with Gasteiger partial charge >= 0.3 is 0 Å². The number of aryl methyl sites for hydroxylation is 1. The first-order valence-corrected chi connectivity index (χ1v) is 7.71. The zero-order valence-corrected chi connectivity index (χ0v) is 14.4. The summed E-state index contributed by atoms with van der Waals surface area (Å²) >= 11 is 7.02. The van der Waals surface area contributed by atoms with Crippen LogP contribution in [0.5, 0.6) is 5.75 Å². The molecular formula is C13H16Br2N4O. The van der Waals surface area contributed by atoms with Crippen molar-refractivity contribution >= 4 is 31.9 Å². The third-order valence-electron chi connectivity index (χ3n) is 3.08. The molecule has 1 heterocycles. The molecule has 3 N–H and O–H groups in total. The Balaban J connectivity index is 2.54. The lowest BCUT2D eigenvalue weighted by Gasteiger charge is -2.20. The van der Waals surface area contributed by atoms with E-state index >= 15 is 0 Å². The first-order chi connectivity index (χ1) is 9.62. The average molecular weight is 404 g/mol. The van der Waals surface area contributed by atoms with Gasteiger partial charge in [0.15, 0.2) is 5.75 Å². The maximum atomic E-state index is 5.77. The van der Waals surface area contributed by atoms with E-state index in [1.807, 2.05) is 29.8 Å². The Morgan fingerprint density at radius 1 is 1.45 bits per heavy atom. The molecule has 7 heteroatoms. The summed E-state index contributed by atoms with van der Waals surface area (Å²) in [6.45, 7) is 2.77. The highest BCUT2D eigenvalue weighted by molar-refractivity contribution is 9.11. The lowest BCUT2D eigenvalue weighted by Crippen LogP contribution is -2.31. The molecule has 0 saturated heterocycles. The van der Waals surface area contributed by atoms with E-state index in [2.05, 4.69) is 42.4 Å². The molecule has 20 heavy (non-hydrogen) atoms. The Morgan fingerprint density at radius 3 is 2.75 bits per heavy atom. The molecule has 0 fully saturated rings. The van der Waals surface area contributed by atoms with Gasteiger partial charge in [-0.15, -0.1) is 0 Å². The van der Waals surface area contributed by atoms with Gasteiger partial charge in [-0.2, -0.15) is 5.10 Å². The highest BCUT2D eigenvalue weighted by Crippen LogP contribution is 2.34. The van der Waals surface area contributed by atoms with Gasteiger partial charge in [-0.05, 0) is 24.6 Å². The Hall–Kier alpha value is -0.890. The number of hydrogen-bond donors (Lipinski definition) is 2. The lowest BCUT2D eigenvalue weighted by molar-refractivity contribution is 0.399. The Kier molecular flexibility index (Phi) is 5.20. The molecule has 108 valence electrons. The predicted molar refractivity (Wildman–Crippen MR) is 85.5 cm³/mol. The molecule has 1 unspecified atom stereocenters. The number of benzene rings is 1. The molecule has 0 aliphatic heterocycles. The van der Waals surface area contributed by atoms with Gasteiger partial charge in [-0.3, -0.25) is 10.5 Å². The van der Waals surface area contributed by atoms with Crippen molar-refractivity contribution in [2.75, 3.05) is 7.11 Å². The van der Waals surface area contributed by atoms with Gasteiger partial charge in [0, 0.05) is 15.5 Å². The van der Waals surface area contributed by atoms with Crippen molar-refractivity contribution in [1.29, 1.82) is 0 Å². The topological polar surface area (TPSA) is 65.1 Å². The van der Waals surface area contributed by atoms with Crippen molar-refractivity contribution in [2.45, 2.75) is 19.5 Å². The maximum absolute atomic E-state index is 5.77. The van der Waals surface area contributed by atoms with Gasteiger partial charge < -0.3 is 4.74 Å². The number of methoxy groups -OCH3 is 1. The van der Waals surface area contributed by atoms with Crippen LogP contribution in [0.4, 0.5) is 0 Å². The summed E-state index contributed by atoms with van der Waals surface area (Å²) in [7, 11) is 1.63. The first kappa shape index (κ1) is 15.5. The summed E-state index contributed by atoms with van der Waals surface area (Å²) in [5.41, 5.74) is 4.77. The molecule has 5 nitrogen and oxygen atoms in total. The van der Waals surface area contributed by atoms with Gasteiger partial charge in [-0.1, -0.05) is 37.9 Å². The van der Waals surface area contributed by atoms with Crippen molar-refractivity contribution in [3.63, 3.8) is 0 Å². The molecule has 0 amide bonds. The van der Waals surface area contributed by atoms with E-state index in [1.54, 1.807) is 13.3 Å². The van der Waals surface area contributed by atoms with Crippen molar-refractivity contribution in [2.24, 2.45) is 5.84 Å². The molecule has 1 atom stereocenters. The summed E-state index contributed by atoms with van der Waals surface area (Å²) in [5.74, 6) is 6.48. The lowest BCUT2D eigenvalue weighted by atomic mass is 10.0. The third-order valence-corrected chi connectivity index (χ3v) is 4.26. The number of ether oxygens (including phenoxy) is 1. The summed E-state index contributed by atoms with van der Waals surface area (Å²) in [6, 6.07) is 5.75. The number of rotatable bonds is 5. The summed E-state index contributed by atoms with van der Waals surface area (Å²) < 4.78 is 9.22. The van der Waals surface area contributed by atoms with Crippen LogP contribution in [0.2, 0.25) is 0 Å². The minimum atomic E-state index is -0.213. The molecule has 0 spiro atoms. The second-order valence-corrected chi connectivity index (χ2v) is 5.95. The number of nitrogens with one attached hydrogen (secondary N) is 1. The molecule has 0 bridgehead atoms. The SMILES string of the molecule is CCn1ncc(OC)c1C(NN)c1ccc(Br)cc1Br. The van der Waals surface area contributed by atoms with E-state index in [4.69, 9.17) is 10.6 Å². The molecule has 0 aliphatic rings.